The summed E-state index contributed by atoms with van der Waals surface area (Å²) >= 11 is 0. The molecule has 17 heavy (non-hydrogen) atoms. The molecule has 0 radical (unpaired) electrons. The molecule has 1 aliphatic heterocycles. The Kier molecular flexibility index (Phi) is 5.20. The summed E-state index contributed by atoms with van der Waals surface area (Å²) in [7, 11) is 2.21. The van der Waals surface area contributed by atoms with Crippen molar-refractivity contribution >= 4 is 0 Å². The van der Waals surface area contributed by atoms with Crippen LogP contribution in [0, 0.1) is 6.92 Å². The second-order valence-corrected chi connectivity index (χ2v) is 5.12. The molecule has 0 aromatic heterocycles. The van der Waals surface area contributed by atoms with E-state index in [0.717, 1.165) is 6.54 Å². The first-order valence-electron chi connectivity index (χ1n) is 6.88. The summed E-state index contributed by atoms with van der Waals surface area (Å²) in [6, 6.07) is 4.78. The zero-order chi connectivity index (χ0) is 13.0. The standard InChI is InChI=1S/C14H21N.C2H6/c1-10(2)12-7-11(3)14-5-6-15(4)9-13(14)8-12;1-2/h7-8,10H,5-6,9H2,1-4H3;1-2H3. The Morgan fingerprint density at radius 3 is 2.41 bits per heavy atom. The number of benzene rings is 1. The van der Waals surface area contributed by atoms with E-state index in [-0.39, 0.29) is 0 Å². The van der Waals surface area contributed by atoms with Crippen LogP contribution in [0.25, 0.3) is 0 Å². The Morgan fingerprint density at radius 1 is 1.18 bits per heavy atom. The van der Waals surface area contributed by atoms with Gasteiger partial charge in [-0.25, -0.2) is 0 Å². The molecule has 0 saturated heterocycles. The van der Waals surface area contributed by atoms with E-state index in [9.17, 15) is 0 Å². The van der Waals surface area contributed by atoms with E-state index in [1.165, 1.54) is 24.1 Å². The molecule has 96 valence electrons. The Balaban J connectivity index is 0.000000686. The number of aryl methyl sites for hydroxylation is 1. The van der Waals surface area contributed by atoms with Crippen LogP contribution >= 0.6 is 0 Å². The summed E-state index contributed by atoms with van der Waals surface area (Å²) in [5.41, 5.74) is 6.12. The van der Waals surface area contributed by atoms with Crippen LogP contribution in [0.4, 0.5) is 0 Å². The summed E-state index contributed by atoms with van der Waals surface area (Å²) in [6.45, 7) is 13.1. The van der Waals surface area contributed by atoms with Gasteiger partial charge in [-0.1, -0.05) is 39.8 Å². The van der Waals surface area contributed by atoms with E-state index in [1.807, 2.05) is 13.8 Å². The van der Waals surface area contributed by atoms with E-state index in [2.05, 4.69) is 44.9 Å². The lowest BCUT2D eigenvalue weighted by molar-refractivity contribution is 0.312. The molecule has 0 unspecified atom stereocenters. The molecule has 0 amide bonds. The highest BCUT2D eigenvalue weighted by molar-refractivity contribution is 5.41. The molecule has 1 nitrogen and oxygen atoms in total. The zero-order valence-corrected chi connectivity index (χ0v) is 12.3. The van der Waals surface area contributed by atoms with Crippen molar-refractivity contribution < 1.29 is 0 Å². The van der Waals surface area contributed by atoms with Gasteiger partial charge in [-0.15, -0.1) is 0 Å². The van der Waals surface area contributed by atoms with Crippen LogP contribution in [0.15, 0.2) is 12.1 Å². The van der Waals surface area contributed by atoms with Crippen LogP contribution in [0.1, 0.15) is 55.9 Å². The smallest absolute Gasteiger partial charge is 0.0233 e. The van der Waals surface area contributed by atoms with Crippen molar-refractivity contribution in [1.82, 2.24) is 4.90 Å². The lowest BCUT2D eigenvalue weighted by Gasteiger charge is -2.27. The maximum Gasteiger partial charge on any atom is 0.0233 e. The van der Waals surface area contributed by atoms with Crippen molar-refractivity contribution in [2.24, 2.45) is 0 Å². The first kappa shape index (κ1) is 14.2. The highest BCUT2D eigenvalue weighted by atomic mass is 15.1. The Morgan fingerprint density at radius 2 is 1.82 bits per heavy atom. The van der Waals surface area contributed by atoms with Gasteiger partial charge in [-0.05, 0) is 48.6 Å². The molecule has 0 aliphatic carbocycles. The Labute approximate surface area is 107 Å². The van der Waals surface area contributed by atoms with Gasteiger partial charge < -0.3 is 4.90 Å². The van der Waals surface area contributed by atoms with Crippen LogP contribution in [-0.2, 0) is 13.0 Å². The van der Waals surface area contributed by atoms with Gasteiger partial charge in [-0.2, -0.15) is 0 Å². The van der Waals surface area contributed by atoms with E-state index in [0.29, 0.717) is 5.92 Å². The molecule has 2 rings (SSSR count). The monoisotopic (exact) mass is 233 g/mol. The molecule has 1 aliphatic rings. The highest BCUT2D eigenvalue weighted by Crippen LogP contribution is 2.26. The number of fused-ring (bicyclic) bond motifs is 1. The van der Waals surface area contributed by atoms with E-state index >= 15 is 0 Å². The van der Waals surface area contributed by atoms with E-state index in [1.54, 1.807) is 11.1 Å². The van der Waals surface area contributed by atoms with Gasteiger partial charge in [0.1, 0.15) is 0 Å². The molecule has 0 fully saturated rings. The number of rotatable bonds is 1. The van der Waals surface area contributed by atoms with Gasteiger partial charge in [-0.3, -0.25) is 0 Å². The molecule has 0 atom stereocenters. The van der Waals surface area contributed by atoms with Crippen molar-refractivity contribution in [2.45, 2.75) is 53.5 Å². The molecule has 1 aromatic rings. The predicted molar refractivity (Wildman–Crippen MR) is 76.7 cm³/mol. The minimum Gasteiger partial charge on any atom is -0.302 e. The normalized spacial score (nSPS) is 15.2. The van der Waals surface area contributed by atoms with Crippen LogP contribution in [-0.4, -0.2) is 18.5 Å². The summed E-state index contributed by atoms with van der Waals surface area (Å²) in [5.74, 6) is 0.640. The molecule has 0 N–H and O–H groups in total. The molecular formula is C16H27N. The number of likely N-dealkylation sites (N-methyl/N-ethyl adjacent to an activating group) is 1. The van der Waals surface area contributed by atoms with Crippen molar-refractivity contribution in [3.05, 3.63) is 34.4 Å². The lowest BCUT2D eigenvalue weighted by Crippen LogP contribution is -2.27. The molecule has 1 heteroatoms. The minimum absolute atomic E-state index is 0.640. The fraction of sp³-hybridized carbons (Fsp3) is 0.625. The lowest BCUT2D eigenvalue weighted by atomic mass is 9.90. The topological polar surface area (TPSA) is 3.24 Å². The summed E-state index contributed by atoms with van der Waals surface area (Å²) in [6.07, 6.45) is 1.22. The third-order valence-electron chi connectivity index (χ3n) is 3.44. The third-order valence-corrected chi connectivity index (χ3v) is 3.44. The first-order valence-corrected chi connectivity index (χ1v) is 6.88. The van der Waals surface area contributed by atoms with E-state index in [4.69, 9.17) is 0 Å². The number of hydrogen-bond acceptors (Lipinski definition) is 1. The molecule has 0 spiro atoms. The van der Waals surface area contributed by atoms with E-state index < -0.39 is 0 Å². The molecule has 1 heterocycles. The first-order chi connectivity index (χ1) is 8.08. The van der Waals surface area contributed by atoms with Crippen LogP contribution < -0.4 is 0 Å². The minimum atomic E-state index is 0.640. The maximum atomic E-state index is 2.41. The largest absolute Gasteiger partial charge is 0.302 e. The van der Waals surface area contributed by atoms with Gasteiger partial charge in [0, 0.05) is 13.1 Å². The summed E-state index contributed by atoms with van der Waals surface area (Å²) < 4.78 is 0. The maximum absolute atomic E-state index is 2.41. The second kappa shape index (κ2) is 6.20. The Hall–Kier alpha value is -0.820. The van der Waals surface area contributed by atoms with Gasteiger partial charge in [0.2, 0.25) is 0 Å². The van der Waals surface area contributed by atoms with Crippen LogP contribution in [0.3, 0.4) is 0 Å². The molecule has 0 bridgehead atoms. The molecule has 0 saturated carbocycles. The van der Waals surface area contributed by atoms with Gasteiger partial charge in [0.15, 0.2) is 0 Å². The molecule has 1 aromatic carbocycles. The van der Waals surface area contributed by atoms with Gasteiger partial charge in [0.25, 0.3) is 0 Å². The van der Waals surface area contributed by atoms with Crippen LogP contribution in [0.2, 0.25) is 0 Å². The average molecular weight is 233 g/mol. The predicted octanol–water partition coefficient (Wildman–Crippen LogP) is 4.13. The second-order valence-electron chi connectivity index (χ2n) is 5.12. The highest BCUT2D eigenvalue weighted by Gasteiger charge is 2.16. The van der Waals surface area contributed by atoms with Crippen molar-refractivity contribution in [3.63, 3.8) is 0 Å². The fourth-order valence-electron chi connectivity index (χ4n) is 2.42. The Bertz CT molecular complexity index is 366. The van der Waals surface area contributed by atoms with Crippen molar-refractivity contribution in [2.75, 3.05) is 13.6 Å². The van der Waals surface area contributed by atoms with Crippen molar-refractivity contribution in [1.29, 1.82) is 0 Å². The SMILES string of the molecule is CC.Cc1cc(C(C)C)cc2c1CCN(C)C2. The summed E-state index contributed by atoms with van der Waals surface area (Å²) in [5, 5.41) is 0. The average Bonchev–Trinajstić information content (AvgIpc) is 2.30. The fourth-order valence-corrected chi connectivity index (χ4v) is 2.42. The zero-order valence-electron chi connectivity index (χ0n) is 12.3. The number of nitrogens with zero attached hydrogens (tertiary/aromatic N) is 1. The van der Waals surface area contributed by atoms with Gasteiger partial charge >= 0.3 is 0 Å². The molecular weight excluding hydrogens is 206 g/mol. The number of hydrogen-bond donors (Lipinski definition) is 0. The van der Waals surface area contributed by atoms with Gasteiger partial charge in [0.05, 0.1) is 0 Å². The quantitative estimate of drug-likeness (QED) is 0.705. The summed E-state index contributed by atoms with van der Waals surface area (Å²) in [4.78, 5) is 2.41. The van der Waals surface area contributed by atoms with Crippen molar-refractivity contribution in [3.8, 4) is 0 Å². The van der Waals surface area contributed by atoms with Crippen LogP contribution in [0.5, 0.6) is 0 Å². The third kappa shape index (κ3) is 3.32.